The molecule has 1 aliphatic carbocycles. The lowest BCUT2D eigenvalue weighted by atomic mass is 9.90. The number of fused-ring (bicyclic) bond motifs is 2. The second kappa shape index (κ2) is 2.62. The lowest BCUT2D eigenvalue weighted by molar-refractivity contribution is 0.260. The monoisotopic (exact) mass is 286 g/mol. The van der Waals surface area contributed by atoms with E-state index in [1.807, 2.05) is 0 Å². The van der Waals surface area contributed by atoms with Crippen molar-refractivity contribution >= 4 is 22.6 Å². The van der Waals surface area contributed by atoms with Gasteiger partial charge in [-0.25, -0.2) is 0 Å². The van der Waals surface area contributed by atoms with Crippen LogP contribution < -0.4 is 4.74 Å². The van der Waals surface area contributed by atoms with Crippen molar-refractivity contribution in [2.45, 2.75) is 24.7 Å². The van der Waals surface area contributed by atoms with Gasteiger partial charge in [0.15, 0.2) is 0 Å². The van der Waals surface area contributed by atoms with Crippen molar-refractivity contribution in [3.05, 3.63) is 27.3 Å². The lowest BCUT2D eigenvalue weighted by Crippen LogP contribution is -2.19. The predicted molar refractivity (Wildman–Crippen MR) is 60.2 cm³/mol. The highest BCUT2D eigenvalue weighted by Gasteiger charge is 2.47. The zero-order chi connectivity index (χ0) is 8.89. The van der Waals surface area contributed by atoms with Crippen LogP contribution in [0.2, 0.25) is 0 Å². The SMILES string of the molecule is Ic1ccc2c(c1)C1(CCO2)CC1. The van der Waals surface area contributed by atoms with E-state index >= 15 is 0 Å². The molecule has 1 heterocycles. The maximum absolute atomic E-state index is 5.65. The van der Waals surface area contributed by atoms with Crippen molar-refractivity contribution in [2.24, 2.45) is 0 Å². The molecule has 1 aliphatic heterocycles. The molecule has 0 unspecified atom stereocenters. The molecule has 1 fully saturated rings. The van der Waals surface area contributed by atoms with Crippen molar-refractivity contribution in [1.29, 1.82) is 0 Å². The molecule has 0 aromatic heterocycles. The summed E-state index contributed by atoms with van der Waals surface area (Å²) >= 11 is 2.37. The highest BCUT2D eigenvalue weighted by Crippen LogP contribution is 2.55. The fourth-order valence-corrected chi connectivity index (χ4v) is 2.69. The number of ether oxygens (including phenoxy) is 1. The van der Waals surface area contributed by atoms with Gasteiger partial charge in [0.1, 0.15) is 5.75 Å². The molecule has 1 spiro atoms. The van der Waals surface area contributed by atoms with E-state index in [-0.39, 0.29) is 0 Å². The Labute approximate surface area is 91.6 Å². The van der Waals surface area contributed by atoms with E-state index in [1.54, 1.807) is 0 Å². The van der Waals surface area contributed by atoms with E-state index in [9.17, 15) is 0 Å². The van der Waals surface area contributed by atoms with Crippen LogP contribution in [0.4, 0.5) is 0 Å². The van der Waals surface area contributed by atoms with Crippen molar-refractivity contribution in [3.63, 3.8) is 0 Å². The summed E-state index contributed by atoms with van der Waals surface area (Å²) in [6.45, 7) is 0.910. The number of hydrogen-bond acceptors (Lipinski definition) is 1. The van der Waals surface area contributed by atoms with Gasteiger partial charge < -0.3 is 4.74 Å². The Kier molecular flexibility index (Phi) is 1.63. The van der Waals surface area contributed by atoms with E-state index in [0.717, 1.165) is 12.4 Å². The summed E-state index contributed by atoms with van der Waals surface area (Å²) in [6.07, 6.45) is 3.95. The Bertz CT molecular complexity index is 355. The molecule has 0 bridgehead atoms. The largest absolute Gasteiger partial charge is 0.493 e. The second-order valence-corrected chi connectivity index (χ2v) is 5.26. The Morgan fingerprint density at radius 3 is 2.85 bits per heavy atom. The average molecular weight is 286 g/mol. The molecule has 2 heteroatoms. The van der Waals surface area contributed by atoms with Crippen molar-refractivity contribution in [3.8, 4) is 5.75 Å². The molecule has 0 atom stereocenters. The van der Waals surface area contributed by atoms with Gasteiger partial charge in [0.25, 0.3) is 0 Å². The van der Waals surface area contributed by atoms with Crippen LogP contribution >= 0.6 is 22.6 Å². The summed E-state index contributed by atoms with van der Waals surface area (Å²) in [7, 11) is 0. The number of halogens is 1. The highest BCUT2D eigenvalue weighted by molar-refractivity contribution is 14.1. The molecule has 68 valence electrons. The van der Waals surface area contributed by atoms with E-state index in [1.165, 1.54) is 28.4 Å². The minimum absolute atomic E-state index is 0.523. The molecule has 1 nitrogen and oxygen atoms in total. The van der Waals surface area contributed by atoms with Crippen molar-refractivity contribution in [2.75, 3.05) is 6.61 Å². The Morgan fingerprint density at radius 1 is 1.23 bits per heavy atom. The molecule has 1 aromatic carbocycles. The van der Waals surface area contributed by atoms with Gasteiger partial charge in [-0.05, 0) is 60.1 Å². The molecule has 3 rings (SSSR count). The molecule has 0 radical (unpaired) electrons. The molecule has 0 saturated heterocycles. The van der Waals surface area contributed by atoms with Crippen molar-refractivity contribution < 1.29 is 4.74 Å². The smallest absolute Gasteiger partial charge is 0.123 e. The Balaban J connectivity index is 2.16. The molecular formula is C11H11IO. The summed E-state index contributed by atoms with van der Waals surface area (Å²) in [6, 6.07) is 6.54. The zero-order valence-electron chi connectivity index (χ0n) is 7.35. The van der Waals surface area contributed by atoms with Crippen LogP contribution in [-0.4, -0.2) is 6.61 Å². The third kappa shape index (κ3) is 1.18. The highest BCUT2D eigenvalue weighted by atomic mass is 127. The number of hydrogen-bond donors (Lipinski definition) is 0. The van der Waals surface area contributed by atoms with Crippen LogP contribution in [0.25, 0.3) is 0 Å². The van der Waals surface area contributed by atoms with Crippen LogP contribution in [0, 0.1) is 3.57 Å². The van der Waals surface area contributed by atoms with Gasteiger partial charge in [0, 0.05) is 14.5 Å². The summed E-state index contributed by atoms with van der Waals surface area (Å²) in [4.78, 5) is 0. The van der Waals surface area contributed by atoms with Crippen LogP contribution in [-0.2, 0) is 5.41 Å². The molecule has 13 heavy (non-hydrogen) atoms. The first-order valence-electron chi connectivity index (χ1n) is 4.73. The lowest BCUT2D eigenvalue weighted by Gasteiger charge is -2.25. The molecule has 0 amide bonds. The van der Waals surface area contributed by atoms with Gasteiger partial charge in [-0.3, -0.25) is 0 Å². The van der Waals surface area contributed by atoms with Gasteiger partial charge in [-0.2, -0.15) is 0 Å². The Hall–Kier alpha value is -0.250. The number of rotatable bonds is 0. The molecule has 2 aliphatic rings. The quantitative estimate of drug-likeness (QED) is 0.666. The minimum atomic E-state index is 0.523. The third-order valence-electron chi connectivity index (χ3n) is 3.20. The average Bonchev–Trinajstić information content (AvgIpc) is 2.88. The molecule has 1 saturated carbocycles. The maximum atomic E-state index is 5.65. The Morgan fingerprint density at radius 2 is 2.08 bits per heavy atom. The van der Waals surface area contributed by atoms with Gasteiger partial charge in [-0.1, -0.05) is 0 Å². The fraction of sp³-hybridized carbons (Fsp3) is 0.455. The first-order chi connectivity index (χ1) is 6.30. The van der Waals surface area contributed by atoms with Gasteiger partial charge in [-0.15, -0.1) is 0 Å². The van der Waals surface area contributed by atoms with Gasteiger partial charge >= 0.3 is 0 Å². The van der Waals surface area contributed by atoms with Crippen LogP contribution in [0.15, 0.2) is 18.2 Å². The molecular weight excluding hydrogens is 275 g/mol. The van der Waals surface area contributed by atoms with Crippen LogP contribution in [0.1, 0.15) is 24.8 Å². The minimum Gasteiger partial charge on any atom is -0.493 e. The molecule has 0 N–H and O–H groups in total. The predicted octanol–water partition coefficient (Wildman–Crippen LogP) is 3.11. The van der Waals surface area contributed by atoms with E-state index in [0.29, 0.717) is 5.41 Å². The van der Waals surface area contributed by atoms with E-state index in [2.05, 4.69) is 40.8 Å². The van der Waals surface area contributed by atoms with Gasteiger partial charge in [0.05, 0.1) is 6.61 Å². The maximum Gasteiger partial charge on any atom is 0.123 e. The van der Waals surface area contributed by atoms with Crippen molar-refractivity contribution in [1.82, 2.24) is 0 Å². The number of benzene rings is 1. The fourth-order valence-electron chi connectivity index (χ4n) is 2.20. The normalized spacial score (nSPS) is 22.2. The first kappa shape index (κ1) is 8.09. The second-order valence-electron chi connectivity index (χ2n) is 4.02. The van der Waals surface area contributed by atoms with E-state index in [4.69, 9.17) is 4.74 Å². The topological polar surface area (TPSA) is 9.23 Å². The standard InChI is InChI=1S/C11H11IO/c12-8-1-2-10-9(7-8)11(3-4-11)5-6-13-10/h1-2,7H,3-6H2. The van der Waals surface area contributed by atoms with E-state index < -0.39 is 0 Å². The van der Waals surface area contributed by atoms with Crippen LogP contribution in [0.5, 0.6) is 5.75 Å². The summed E-state index contributed by atoms with van der Waals surface area (Å²) in [5, 5.41) is 0. The summed E-state index contributed by atoms with van der Waals surface area (Å²) in [5.41, 5.74) is 1.99. The summed E-state index contributed by atoms with van der Waals surface area (Å²) in [5.74, 6) is 1.13. The third-order valence-corrected chi connectivity index (χ3v) is 3.88. The van der Waals surface area contributed by atoms with Crippen LogP contribution in [0.3, 0.4) is 0 Å². The van der Waals surface area contributed by atoms with Gasteiger partial charge in [0.2, 0.25) is 0 Å². The summed E-state index contributed by atoms with van der Waals surface area (Å²) < 4.78 is 6.98. The molecule has 1 aromatic rings. The first-order valence-corrected chi connectivity index (χ1v) is 5.81. The zero-order valence-corrected chi connectivity index (χ0v) is 9.50.